The van der Waals surface area contributed by atoms with E-state index >= 15 is 0 Å². The van der Waals surface area contributed by atoms with Crippen molar-refractivity contribution >= 4 is 0 Å². The van der Waals surface area contributed by atoms with Gasteiger partial charge in [0, 0.05) is 17.7 Å². The maximum Gasteiger partial charge on any atom is 0.258 e. The number of nitrogens with one attached hydrogen (secondary N) is 1. The fourth-order valence-electron chi connectivity index (χ4n) is 4.46. The Morgan fingerprint density at radius 2 is 1.62 bits per heavy atom. The summed E-state index contributed by atoms with van der Waals surface area (Å²) in [6, 6.07) is 28.3. The fraction of sp³-hybridized carbons (Fsp3) is 0.200. The summed E-state index contributed by atoms with van der Waals surface area (Å²) in [5, 5.41) is 14.5. The van der Waals surface area contributed by atoms with E-state index in [1.54, 1.807) is 0 Å². The first-order valence-corrected chi connectivity index (χ1v) is 12.5. The summed E-state index contributed by atoms with van der Waals surface area (Å²) in [6.45, 7) is 5.12. The van der Waals surface area contributed by atoms with Crippen LogP contribution in [0.5, 0.6) is 5.75 Å². The number of rotatable bonds is 9. The predicted octanol–water partition coefficient (Wildman–Crippen LogP) is 5.43. The van der Waals surface area contributed by atoms with E-state index in [0.717, 1.165) is 39.9 Å². The highest BCUT2D eigenvalue weighted by Gasteiger charge is 2.16. The average molecular weight is 492 g/mol. The molecule has 0 saturated carbocycles. The molecule has 0 bridgehead atoms. The first-order chi connectivity index (χ1) is 18.1. The van der Waals surface area contributed by atoms with E-state index in [0.29, 0.717) is 36.7 Å². The summed E-state index contributed by atoms with van der Waals surface area (Å²) >= 11 is 0. The number of aromatic amines is 1. The maximum absolute atomic E-state index is 13.7. The molecule has 0 aliphatic rings. The number of tetrazole rings is 1. The van der Waals surface area contributed by atoms with Gasteiger partial charge in [-0.05, 0) is 46.9 Å². The molecule has 2 aromatic heterocycles. The molecule has 5 aromatic rings. The SMILES string of the molecule is CCCOc1cc(C)n(Cc2ccccc2)c(=O)c1Cc1ccc(-c2ccccc2-c2nn[nH]n2)cc1. The molecule has 0 aliphatic heterocycles. The Morgan fingerprint density at radius 3 is 2.32 bits per heavy atom. The van der Waals surface area contributed by atoms with Crippen molar-refractivity contribution in [2.75, 3.05) is 6.61 Å². The van der Waals surface area contributed by atoms with E-state index in [9.17, 15) is 4.79 Å². The number of pyridine rings is 1. The zero-order valence-electron chi connectivity index (χ0n) is 21.0. The van der Waals surface area contributed by atoms with Crippen LogP contribution in [0.3, 0.4) is 0 Å². The third kappa shape index (κ3) is 5.35. The number of H-pyrrole nitrogens is 1. The molecule has 3 aromatic carbocycles. The van der Waals surface area contributed by atoms with E-state index in [1.807, 2.05) is 72.2 Å². The molecule has 0 atom stereocenters. The molecule has 7 heteroatoms. The smallest absolute Gasteiger partial charge is 0.258 e. The van der Waals surface area contributed by atoms with Crippen LogP contribution in [-0.4, -0.2) is 31.8 Å². The summed E-state index contributed by atoms with van der Waals surface area (Å²) in [6.07, 6.45) is 1.36. The van der Waals surface area contributed by atoms with Crippen molar-refractivity contribution in [2.45, 2.75) is 33.2 Å². The summed E-state index contributed by atoms with van der Waals surface area (Å²) < 4.78 is 7.87. The first-order valence-electron chi connectivity index (χ1n) is 12.5. The van der Waals surface area contributed by atoms with Gasteiger partial charge in [-0.2, -0.15) is 5.21 Å². The number of nitrogens with zero attached hydrogens (tertiary/aromatic N) is 4. The Balaban J connectivity index is 1.48. The van der Waals surface area contributed by atoms with Crippen molar-refractivity contribution in [3.63, 3.8) is 0 Å². The second kappa shape index (κ2) is 11.0. The molecule has 1 N–H and O–H groups in total. The van der Waals surface area contributed by atoms with Gasteiger partial charge in [-0.3, -0.25) is 4.79 Å². The minimum absolute atomic E-state index is 0.0125. The number of aromatic nitrogens is 5. The summed E-state index contributed by atoms with van der Waals surface area (Å²) in [7, 11) is 0. The third-order valence-corrected chi connectivity index (χ3v) is 6.37. The third-order valence-electron chi connectivity index (χ3n) is 6.37. The molecular formula is C30H29N5O2. The standard InChI is InChI=1S/C30H29N5O2/c1-3-17-37-28-18-21(2)35(20-23-9-5-4-6-10-23)30(36)27(28)19-22-13-15-24(16-14-22)25-11-7-8-12-26(25)29-31-33-34-32-29/h4-16,18H,3,17,19-20H2,1-2H3,(H,31,32,33,34). The normalized spacial score (nSPS) is 11.0. The van der Waals surface area contributed by atoms with Gasteiger partial charge in [-0.25, -0.2) is 0 Å². The first kappa shape index (κ1) is 24.2. The Hall–Kier alpha value is -4.52. The van der Waals surface area contributed by atoms with Crippen LogP contribution in [0.2, 0.25) is 0 Å². The Morgan fingerprint density at radius 1 is 0.892 bits per heavy atom. The molecule has 0 saturated heterocycles. The number of ether oxygens (including phenoxy) is 1. The number of aryl methyl sites for hydroxylation is 1. The van der Waals surface area contributed by atoms with Crippen LogP contribution < -0.4 is 10.3 Å². The second-order valence-electron chi connectivity index (χ2n) is 9.01. The van der Waals surface area contributed by atoms with Crippen molar-refractivity contribution in [3.05, 3.63) is 118 Å². The summed E-state index contributed by atoms with van der Waals surface area (Å²) in [4.78, 5) is 13.7. The van der Waals surface area contributed by atoms with Crippen molar-refractivity contribution < 1.29 is 4.74 Å². The highest BCUT2D eigenvalue weighted by atomic mass is 16.5. The van der Waals surface area contributed by atoms with E-state index in [1.165, 1.54) is 0 Å². The molecule has 0 amide bonds. The topological polar surface area (TPSA) is 85.7 Å². The van der Waals surface area contributed by atoms with Gasteiger partial charge in [0.1, 0.15) is 5.75 Å². The predicted molar refractivity (Wildman–Crippen MR) is 145 cm³/mol. The number of benzene rings is 3. The average Bonchev–Trinajstić information content (AvgIpc) is 3.48. The van der Waals surface area contributed by atoms with Gasteiger partial charge in [0.25, 0.3) is 5.56 Å². The van der Waals surface area contributed by atoms with Crippen LogP contribution in [0.1, 0.15) is 35.7 Å². The molecule has 0 spiro atoms. The molecule has 37 heavy (non-hydrogen) atoms. The highest BCUT2D eigenvalue weighted by molar-refractivity contribution is 5.80. The van der Waals surface area contributed by atoms with E-state index < -0.39 is 0 Å². The molecule has 5 rings (SSSR count). The van der Waals surface area contributed by atoms with Crippen LogP contribution in [0.4, 0.5) is 0 Å². The lowest BCUT2D eigenvalue weighted by Crippen LogP contribution is -2.27. The van der Waals surface area contributed by atoms with Gasteiger partial charge in [0.2, 0.25) is 5.82 Å². The lowest BCUT2D eigenvalue weighted by atomic mass is 9.96. The van der Waals surface area contributed by atoms with Gasteiger partial charge < -0.3 is 9.30 Å². The molecule has 0 aliphatic carbocycles. The van der Waals surface area contributed by atoms with Gasteiger partial charge in [-0.15, -0.1) is 10.2 Å². The van der Waals surface area contributed by atoms with Gasteiger partial charge in [0.05, 0.1) is 18.7 Å². The van der Waals surface area contributed by atoms with Gasteiger partial charge >= 0.3 is 0 Å². The Labute approximate surface area is 215 Å². The zero-order chi connectivity index (χ0) is 25.6. The molecule has 186 valence electrons. The van der Waals surface area contributed by atoms with Crippen molar-refractivity contribution in [3.8, 4) is 28.3 Å². The van der Waals surface area contributed by atoms with Gasteiger partial charge in [0.15, 0.2) is 0 Å². The highest BCUT2D eigenvalue weighted by Crippen LogP contribution is 2.30. The quantitative estimate of drug-likeness (QED) is 0.297. The number of hydrogen-bond acceptors (Lipinski definition) is 5. The summed E-state index contributed by atoms with van der Waals surface area (Å²) in [5.41, 5.74) is 6.63. The minimum atomic E-state index is -0.0125. The number of hydrogen-bond donors (Lipinski definition) is 1. The second-order valence-corrected chi connectivity index (χ2v) is 9.01. The largest absolute Gasteiger partial charge is 0.493 e. The lowest BCUT2D eigenvalue weighted by molar-refractivity contribution is 0.312. The van der Waals surface area contributed by atoms with Crippen LogP contribution >= 0.6 is 0 Å². The molecule has 7 nitrogen and oxygen atoms in total. The molecular weight excluding hydrogens is 462 g/mol. The lowest BCUT2D eigenvalue weighted by Gasteiger charge is -2.17. The fourth-order valence-corrected chi connectivity index (χ4v) is 4.46. The van der Waals surface area contributed by atoms with Crippen LogP contribution in [0.25, 0.3) is 22.5 Å². The zero-order valence-corrected chi connectivity index (χ0v) is 21.0. The van der Waals surface area contributed by atoms with Crippen LogP contribution in [0.15, 0.2) is 89.7 Å². The Bertz CT molecular complexity index is 1530. The monoisotopic (exact) mass is 491 g/mol. The van der Waals surface area contributed by atoms with Crippen LogP contribution in [0, 0.1) is 6.92 Å². The van der Waals surface area contributed by atoms with E-state index in [4.69, 9.17) is 4.74 Å². The van der Waals surface area contributed by atoms with Crippen molar-refractivity contribution in [2.24, 2.45) is 0 Å². The molecule has 2 heterocycles. The molecule has 0 fully saturated rings. The van der Waals surface area contributed by atoms with Crippen molar-refractivity contribution in [1.82, 2.24) is 25.2 Å². The van der Waals surface area contributed by atoms with E-state index in [-0.39, 0.29) is 5.56 Å². The molecule has 0 radical (unpaired) electrons. The molecule has 0 unspecified atom stereocenters. The van der Waals surface area contributed by atoms with Gasteiger partial charge in [-0.1, -0.05) is 85.8 Å². The van der Waals surface area contributed by atoms with Crippen LogP contribution in [-0.2, 0) is 13.0 Å². The Kier molecular flexibility index (Phi) is 7.21. The maximum atomic E-state index is 13.7. The minimum Gasteiger partial charge on any atom is -0.493 e. The van der Waals surface area contributed by atoms with E-state index in [2.05, 4.69) is 51.8 Å². The summed E-state index contributed by atoms with van der Waals surface area (Å²) in [5.74, 6) is 1.22. The van der Waals surface area contributed by atoms with Crippen molar-refractivity contribution in [1.29, 1.82) is 0 Å².